The molecule has 6 heteroatoms. The normalized spacial score (nSPS) is 16.1. The van der Waals surface area contributed by atoms with E-state index in [9.17, 15) is 14.5 Å². The second-order valence-corrected chi connectivity index (χ2v) is 4.87. The standard InChI is InChI=1S/C11H11BrFNO3/c12-8-5-9(13)10(14(15)16)6-11(8)17-7-3-1-2-4-7/h5-7H,1-4H2. The maximum atomic E-state index is 13.3. The van der Waals surface area contributed by atoms with Gasteiger partial charge in [-0.15, -0.1) is 0 Å². The summed E-state index contributed by atoms with van der Waals surface area (Å²) in [6.45, 7) is 0. The molecule has 0 aliphatic heterocycles. The third kappa shape index (κ3) is 2.74. The molecule has 1 fully saturated rings. The Hall–Kier alpha value is -1.17. The minimum Gasteiger partial charge on any atom is -0.489 e. The van der Waals surface area contributed by atoms with E-state index in [4.69, 9.17) is 4.74 Å². The predicted molar refractivity (Wildman–Crippen MR) is 63.6 cm³/mol. The van der Waals surface area contributed by atoms with Crippen LogP contribution in [0.2, 0.25) is 0 Å². The number of halogens is 2. The molecule has 0 N–H and O–H groups in total. The van der Waals surface area contributed by atoms with Gasteiger partial charge >= 0.3 is 5.69 Å². The van der Waals surface area contributed by atoms with Crippen molar-refractivity contribution in [3.63, 3.8) is 0 Å². The number of nitro benzene ring substituents is 1. The number of benzene rings is 1. The fourth-order valence-electron chi connectivity index (χ4n) is 1.93. The molecule has 0 radical (unpaired) electrons. The molecule has 0 heterocycles. The van der Waals surface area contributed by atoms with Crippen molar-refractivity contribution in [2.24, 2.45) is 0 Å². The zero-order chi connectivity index (χ0) is 12.4. The van der Waals surface area contributed by atoms with Crippen molar-refractivity contribution < 1.29 is 14.1 Å². The molecule has 1 aliphatic rings. The molecule has 0 saturated heterocycles. The van der Waals surface area contributed by atoms with Crippen LogP contribution in [0, 0.1) is 15.9 Å². The molecule has 1 saturated carbocycles. The SMILES string of the molecule is O=[N+]([O-])c1cc(OC2CCCC2)c(Br)cc1F. The minimum absolute atomic E-state index is 0.0800. The molecule has 2 rings (SSSR count). The summed E-state index contributed by atoms with van der Waals surface area (Å²) in [6.07, 6.45) is 4.17. The maximum absolute atomic E-state index is 13.3. The van der Waals surface area contributed by atoms with Crippen LogP contribution in [0.1, 0.15) is 25.7 Å². The molecule has 4 nitrogen and oxygen atoms in total. The molecule has 1 aromatic carbocycles. The van der Waals surface area contributed by atoms with E-state index >= 15 is 0 Å². The summed E-state index contributed by atoms with van der Waals surface area (Å²) >= 11 is 3.15. The molecular weight excluding hydrogens is 293 g/mol. The Morgan fingerprint density at radius 2 is 2.06 bits per heavy atom. The van der Waals surface area contributed by atoms with E-state index in [1.165, 1.54) is 0 Å². The Labute approximate surface area is 106 Å². The summed E-state index contributed by atoms with van der Waals surface area (Å²) in [5.41, 5.74) is -0.554. The number of nitrogens with zero attached hydrogens (tertiary/aromatic N) is 1. The Bertz CT molecular complexity index is 447. The summed E-state index contributed by atoms with van der Waals surface area (Å²) in [5, 5.41) is 10.6. The number of ether oxygens (including phenoxy) is 1. The molecule has 92 valence electrons. The van der Waals surface area contributed by atoms with E-state index in [0.29, 0.717) is 10.2 Å². The zero-order valence-corrected chi connectivity index (χ0v) is 10.6. The Morgan fingerprint density at radius 3 is 2.65 bits per heavy atom. The topological polar surface area (TPSA) is 52.4 Å². The molecule has 0 aromatic heterocycles. The monoisotopic (exact) mass is 303 g/mol. The number of rotatable bonds is 3. The highest BCUT2D eigenvalue weighted by Crippen LogP contribution is 2.34. The second kappa shape index (κ2) is 5.00. The third-order valence-electron chi connectivity index (χ3n) is 2.79. The summed E-state index contributed by atoms with van der Waals surface area (Å²) in [4.78, 5) is 9.87. The van der Waals surface area contributed by atoms with Gasteiger partial charge in [0.2, 0.25) is 5.82 Å². The van der Waals surface area contributed by atoms with E-state index in [1.807, 2.05) is 0 Å². The Kier molecular flexibility index (Phi) is 3.61. The highest BCUT2D eigenvalue weighted by atomic mass is 79.9. The van der Waals surface area contributed by atoms with E-state index in [-0.39, 0.29) is 6.10 Å². The van der Waals surface area contributed by atoms with Gasteiger partial charge < -0.3 is 4.74 Å². The lowest BCUT2D eigenvalue weighted by Gasteiger charge is -2.14. The Morgan fingerprint density at radius 1 is 1.41 bits per heavy atom. The number of nitro groups is 1. The van der Waals surface area contributed by atoms with E-state index in [0.717, 1.165) is 37.8 Å². The van der Waals surface area contributed by atoms with Crippen molar-refractivity contribution in [3.05, 3.63) is 32.5 Å². The fourth-order valence-corrected chi connectivity index (χ4v) is 2.34. The van der Waals surface area contributed by atoms with Crippen LogP contribution >= 0.6 is 15.9 Å². The van der Waals surface area contributed by atoms with Gasteiger partial charge in [-0.2, -0.15) is 4.39 Å². The van der Waals surface area contributed by atoms with E-state index < -0.39 is 16.4 Å². The van der Waals surface area contributed by atoms with Crippen LogP contribution < -0.4 is 4.74 Å². The number of hydrogen-bond acceptors (Lipinski definition) is 3. The van der Waals surface area contributed by atoms with E-state index in [1.54, 1.807) is 0 Å². The van der Waals surface area contributed by atoms with Crippen molar-refractivity contribution in [3.8, 4) is 5.75 Å². The highest BCUT2D eigenvalue weighted by molar-refractivity contribution is 9.10. The van der Waals surface area contributed by atoms with Crippen molar-refractivity contribution in [2.75, 3.05) is 0 Å². The Balaban J connectivity index is 2.26. The predicted octanol–water partition coefficient (Wildman–Crippen LogP) is 3.82. The van der Waals surface area contributed by atoms with Crippen LogP contribution in [0.5, 0.6) is 5.75 Å². The van der Waals surface area contributed by atoms with Gasteiger partial charge in [-0.3, -0.25) is 10.1 Å². The summed E-state index contributed by atoms with van der Waals surface area (Å²) in [5.74, 6) is -0.523. The van der Waals surface area contributed by atoms with Crippen LogP contribution in [0.25, 0.3) is 0 Å². The van der Waals surface area contributed by atoms with Gasteiger partial charge in [-0.05, 0) is 47.7 Å². The first-order chi connectivity index (χ1) is 8.08. The van der Waals surface area contributed by atoms with Gasteiger partial charge in [0.15, 0.2) is 0 Å². The van der Waals surface area contributed by atoms with Gasteiger partial charge in [0.1, 0.15) is 5.75 Å². The molecule has 1 aliphatic carbocycles. The van der Waals surface area contributed by atoms with Crippen LogP contribution in [-0.2, 0) is 0 Å². The first-order valence-electron chi connectivity index (χ1n) is 5.38. The summed E-state index contributed by atoms with van der Waals surface area (Å²) in [7, 11) is 0. The van der Waals surface area contributed by atoms with Gasteiger partial charge in [0, 0.05) is 0 Å². The van der Waals surface area contributed by atoms with Gasteiger partial charge in [-0.25, -0.2) is 0 Å². The molecule has 0 unspecified atom stereocenters. The fraction of sp³-hybridized carbons (Fsp3) is 0.455. The largest absolute Gasteiger partial charge is 0.489 e. The first kappa shape index (κ1) is 12.3. The molecule has 0 bridgehead atoms. The minimum atomic E-state index is -0.861. The van der Waals surface area contributed by atoms with Crippen LogP contribution in [0.3, 0.4) is 0 Å². The van der Waals surface area contributed by atoms with Gasteiger partial charge in [0.05, 0.1) is 21.6 Å². The molecule has 17 heavy (non-hydrogen) atoms. The maximum Gasteiger partial charge on any atom is 0.308 e. The second-order valence-electron chi connectivity index (χ2n) is 4.02. The summed E-state index contributed by atoms with van der Waals surface area (Å²) < 4.78 is 19.3. The van der Waals surface area contributed by atoms with Crippen LogP contribution in [0.4, 0.5) is 10.1 Å². The van der Waals surface area contributed by atoms with E-state index in [2.05, 4.69) is 15.9 Å². The molecule has 0 amide bonds. The average Bonchev–Trinajstić information content (AvgIpc) is 2.74. The molecule has 0 atom stereocenters. The lowest BCUT2D eigenvalue weighted by atomic mass is 10.2. The highest BCUT2D eigenvalue weighted by Gasteiger charge is 2.22. The van der Waals surface area contributed by atoms with Crippen molar-refractivity contribution in [2.45, 2.75) is 31.8 Å². The molecule has 1 aromatic rings. The smallest absolute Gasteiger partial charge is 0.308 e. The van der Waals surface area contributed by atoms with Crippen LogP contribution in [0.15, 0.2) is 16.6 Å². The molecule has 0 spiro atoms. The van der Waals surface area contributed by atoms with Crippen molar-refractivity contribution in [1.82, 2.24) is 0 Å². The third-order valence-corrected chi connectivity index (χ3v) is 3.41. The lowest BCUT2D eigenvalue weighted by molar-refractivity contribution is -0.387. The van der Waals surface area contributed by atoms with Crippen molar-refractivity contribution >= 4 is 21.6 Å². The quantitative estimate of drug-likeness (QED) is 0.630. The summed E-state index contributed by atoms with van der Waals surface area (Å²) in [6, 6.07) is 2.21. The van der Waals surface area contributed by atoms with Crippen molar-refractivity contribution in [1.29, 1.82) is 0 Å². The first-order valence-corrected chi connectivity index (χ1v) is 6.17. The van der Waals surface area contributed by atoms with Crippen LogP contribution in [-0.4, -0.2) is 11.0 Å². The lowest BCUT2D eigenvalue weighted by Crippen LogP contribution is -2.11. The van der Waals surface area contributed by atoms with Gasteiger partial charge in [0.25, 0.3) is 0 Å². The van der Waals surface area contributed by atoms with Gasteiger partial charge in [-0.1, -0.05) is 0 Å². The number of hydrogen-bond donors (Lipinski definition) is 0. The zero-order valence-electron chi connectivity index (χ0n) is 8.99. The average molecular weight is 304 g/mol. The molecular formula is C11H11BrFNO3.